The van der Waals surface area contributed by atoms with Gasteiger partial charge in [-0.3, -0.25) is 9.59 Å². The molecule has 6 heteroatoms. The molecular formula is C14H19N3O3. The maximum atomic E-state index is 12.0. The number of nitrogens with two attached hydrogens (primary N) is 1. The lowest BCUT2D eigenvalue weighted by atomic mass is 10.0. The van der Waals surface area contributed by atoms with Crippen molar-refractivity contribution in [3.63, 3.8) is 0 Å². The van der Waals surface area contributed by atoms with Crippen molar-refractivity contribution < 1.29 is 14.7 Å². The maximum absolute atomic E-state index is 12.0. The van der Waals surface area contributed by atoms with Crippen LogP contribution in [0.3, 0.4) is 0 Å². The zero-order valence-electron chi connectivity index (χ0n) is 11.1. The first-order valence-electron chi connectivity index (χ1n) is 6.67. The smallest absolute Gasteiger partial charge is 0.240 e. The van der Waals surface area contributed by atoms with E-state index in [0.29, 0.717) is 6.42 Å². The van der Waals surface area contributed by atoms with Gasteiger partial charge in [0.15, 0.2) is 0 Å². The van der Waals surface area contributed by atoms with Gasteiger partial charge in [0, 0.05) is 6.42 Å². The Hall–Kier alpha value is -2.08. The monoisotopic (exact) mass is 277 g/mol. The average molecular weight is 277 g/mol. The van der Waals surface area contributed by atoms with Gasteiger partial charge in [0.05, 0.1) is 6.04 Å². The number of amides is 2. The zero-order chi connectivity index (χ0) is 14.5. The summed E-state index contributed by atoms with van der Waals surface area (Å²) in [5.74, 6) is -0.599. The third kappa shape index (κ3) is 3.71. The largest absolute Gasteiger partial charge is 0.508 e. The zero-order valence-corrected chi connectivity index (χ0v) is 11.1. The topological polar surface area (TPSA) is 104 Å². The van der Waals surface area contributed by atoms with Gasteiger partial charge in [0.25, 0.3) is 0 Å². The molecule has 1 heterocycles. The van der Waals surface area contributed by atoms with Gasteiger partial charge in [0.1, 0.15) is 11.8 Å². The molecule has 6 nitrogen and oxygen atoms in total. The highest BCUT2D eigenvalue weighted by atomic mass is 16.3. The van der Waals surface area contributed by atoms with Crippen LogP contribution in [0.4, 0.5) is 0 Å². The third-order valence-corrected chi connectivity index (χ3v) is 3.41. The predicted molar refractivity (Wildman–Crippen MR) is 74.0 cm³/mol. The van der Waals surface area contributed by atoms with Gasteiger partial charge in [0.2, 0.25) is 11.8 Å². The van der Waals surface area contributed by atoms with Crippen molar-refractivity contribution in [1.82, 2.24) is 10.6 Å². The van der Waals surface area contributed by atoms with Gasteiger partial charge in [-0.05, 0) is 37.1 Å². The Morgan fingerprint density at radius 1 is 1.40 bits per heavy atom. The average Bonchev–Trinajstić information content (AvgIpc) is 2.94. The lowest BCUT2D eigenvalue weighted by molar-refractivity contribution is -0.128. The molecule has 1 aliphatic rings. The molecule has 2 amide bonds. The van der Waals surface area contributed by atoms with Crippen LogP contribution >= 0.6 is 0 Å². The molecule has 0 bridgehead atoms. The second-order valence-electron chi connectivity index (χ2n) is 4.98. The first-order valence-corrected chi connectivity index (χ1v) is 6.67. The van der Waals surface area contributed by atoms with Crippen molar-refractivity contribution in [1.29, 1.82) is 0 Å². The molecule has 1 aliphatic heterocycles. The lowest BCUT2D eigenvalue weighted by Crippen LogP contribution is -2.51. The third-order valence-electron chi connectivity index (χ3n) is 3.41. The summed E-state index contributed by atoms with van der Waals surface area (Å²) in [6, 6.07) is 5.49. The second kappa shape index (κ2) is 6.38. The number of carbonyl (C=O) groups is 2. The number of phenolic OH excluding ortho intramolecular Hbond substituents is 1. The first kappa shape index (κ1) is 14.3. The summed E-state index contributed by atoms with van der Waals surface area (Å²) in [7, 11) is 0. The van der Waals surface area contributed by atoms with E-state index in [1.54, 1.807) is 12.1 Å². The number of carbonyl (C=O) groups excluding carboxylic acids is 2. The summed E-state index contributed by atoms with van der Waals surface area (Å²) in [5, 5.41) is 15.0. The predicted octanol–water partition coefficient (Wildman–Crippen LogP) is -0.343. The Morgan fingerprint density at radius 3 is 2.65 bits per heavy atom. The fourth-order valence-corrected chi connectivity index (χ4v) is 2.27. The fraction of sp³-hybridized carbons (Fsp3) is 0.429. The molecule has 1 saturated heterocycles. The Bertz CT molecular complexity index is 481. The lowest BCUT2D eigenvalue weighted by Gasteiger charge is -2.18. The van der Waals surface area contributed by atoms with Crippen LogP contribution in [0.25, 0.3) is 0 Å². The quantitative estimate of drug-likeness (QED) is 0.591. The standard InChI is InChI=1S/C14H19N3O3/c15-13(19)12(8-9-3-5-10(18)6-4-9)17-14(20)11-2-1-7-16-11/h3-6,11-12,16,18H,1-2,7-8H2,(H2,15,19)(H,17,20)/t11-,12+/m1/s1. The van der Waals surface area contributed by atoms with Gasteiger partial charge < -0.3 is 21.5 Å². The van der Waals surface area contributed by atoms with Crippen LogP contribution < -0.4 is 16.4 Å². The van der Waals surface area contributed by atoms with E-state index in [9.17, 15) is 14.7 Å². The number of aromatic hydroxyl groups is 1. The number of hydrogen-bond acceptors (Lipinski definition) is 4. The van der Waals surface area contributed by atoms with E-state index in [2.05, 4.69) is 10.6 Å². The van der Waals surface area contributed by atoms with E-state index >= 15 is 0 Å². The minimum absolute atomic E-state index is 0.156. The minimum atomic E-state index is -0.741. The van der Waals surface area contributed by atoms with Crippen molar-refractivity contribution in [2.24, 2.45) is 5.73 Å². The molecule has 5 N–H and O–H groups in total. The Labute approximate surface area is 117 Å². The van der Waals surface area contributed by atoms with Gasteiger partial charge in [-0.1, -0.05) is 12.1 Å². The molecule has 20 heavy (non-hydrogen) atoms. The first-order chi connectivity index (χ1) is 9.56. The van der Waals surface area contributed by atoms with Crippen molar-refractivity contribution >= 4 is 11.8 Å². The molecule has 1 aromatic rings. The molecule has 0 unspecified atom stereocenters. The molecule has 2 rings (SSSR count). The summed E-state index contributed by atoms with van der Waals surface area (Å²) in [4.78, 5) is 23.4. The Kier molecular flexibility index (Phi) is 4.57. The van der Waals surface area contributed by atoms with Crippen LogP contribution in [0, 0.1) is 0 Å². The van der Waals surface area contributed by atoms with Crippen LogP contribution in [0.15, 0.2) is 24.3 Å². The van der Waals surface area contributed by atoms with Crippen molar-refractivity contribution in [2.75, 3.05) is 6.54 Å². The van der Waals surface area contributed by atoms with Crippen LogP contribution in [0.2, 0.25) is 0 Å². The minimum Gasteiger partial charge on any atom is -0.508 e. The molecule has 1 aromatic carbocycles. The van der Waals surface area contributed by atoms with Crippen LogP contribution in [-0.2, 0) is 16.0 Å². The van der Waals surface area contributed by atoms with Crippen LogP contribution in [-0.4, -0.2) is 35.5 Å². The van der Waals surface area contributed by atoms with Gasteiger partial charge in [-0.15, -0.1) is 0 Å². The van der Waals surface area contributed by atoms with Crippen LogP contribution in [0.5, 0.6) is 5.75 Å². The summed E-state index contributed by atoms with van der Waals surface area (Å²) < 4.78 is 0. The molecule has 0 aliphatic carbocycles. The number of phenols is 1. The van der Waals surface area contributed by atoms with E-state index in [-0.39, 0.29) is 17.7 Å². The van der Waals surface area contributed by atoms with E-state index in [4.69, 9.17) is 5.73 Å². The molecule has 0 spiro atoms. The molecule has 0 saturated carbocycles. The molecular weight excluding hydrogens is 258 g/mol. The van der Waals surface area contributed by atoms with E-state index in [0.717, 1.165) is 24.9 Å². The van der Waals surface area contributed by atoms with Gasteiger partial charge in [-0.2, -0.15) is 0 Å². The second-order valence-corrected chi connectivity index (χ2v) is 4.98. The van der Waals surface area contributed by atoms with Crippen molar-refractivity contribution in [3.05, 3.63) is 29.8 Å². The number of primary amides is 1. The van der Waals surface area contributed by atoms with Gasteiger partial charge >= 0.3 is 0 Å². The molecule has 0 radical (unpaired) electrons. The summed E-state index contributed by atoms with van der Waals surface area (Å²) in [6.45, 7) is 0.817. The highest BCUT2D eigenvalue weighted by molar-refractivity contribution is 5.89. The highest BCUT2D eigenvalue weighted by Crippen LogP contribution is 2.12. The van der Waals surface area contributed by atoms with Crippen LogP contribution in [0.1, 0.15) is 18.4 Å². The Balaban J connectivity index is 1.98. The van der Waals surface area contributed by atoms with Crippen molar-refractivity contribution in [3.8, 4) is 5.75 Å². The SMILES string of the molecule is NC(=O)[C@H](Cc1ccc(O)cc1)NC(=O)[C@H]1CCCN1. The van der Waals surface area contributed by atoms with Crippen molar-refractivity contribution in [2.45, 2.75) is 31.3 Å². The van der Waals surface area contributed by atoms with E-state index in [1.807, 2.05) is 0 Å². The fourth-order valence-electron chi connectivity index (χ4n) is 2.27. The maximum Gasteiger partial charge on any atom is 0.240 e. The number of nitrogens with one attached hydrogen (secondary N) is 2. The van der Waals surface area contributed by atoms with Gasteiger partial charge in [-0.25, -0.2) is 0 Å². The summed E-state index contributed by atoms with van der Waals surface area (Å²) in [6.07, 6.45) is 2.04. The number of benzene rings is 1. The number of hydrogen-bond donors (Lipinski definition) is 4. The normalized spacial score (nSPS) is 19.5. The summed E-state index contributed by atoms with van der Waals surface area (Å²) >= 11 is 0. The molecule has 1 fully saturated rings. The van der Waals surface area contributed by atoms with E-state index in [1.165, 1.54) is 12.1 Å². The molecule has 2 atom stereocenters. The molecule has 108 valence electrons. The number of rotatable bonds is 5. The molecule has 0 aromatic heterocycles. The van der Waals surface area contributed by atoms with E-state index < -0.39 is 11.9 Å². The highest BCUT2D eigenvalue weighted by Gasteiger charge is 2.26. The summed E-state index contributed by atoms with van der Waals surface area (Å²) in [5.41, 5.74) is 6.16. The Morgan fingerprint density at radius 2 is 2.10 bits per heavy atom.